The molecule has 3 nitrogen and oxygen atoms in total. The Kier molecular flexibility index (Phi) is 3.49. The zero-order valence-corrected chi connectivity index (χ0v) is 10.1. The molecule has 0 amide bonds. The first-order valence-electron chi connectivity index (χ1n) is 5.64. The third kappa shape index (κ3) is 2.88. The van der Waals surface area contributed by atoms with Gasteiger partial charge in [-0.05, 0) is 43.2 Å². The highest BCUT2D eigenvalue weighted by atomic mass is 16.5. The Hall–Kier alpha value is -1.74. The predicted molar refractivity (Wildman–Crippen MR) is 67.1 cm³/mol. The van der Waals surface area contributed by atoms with Crippen LogP contribution in [0, 0.1) is 6.92 Å². The van der Waals surface area contributed by atoms with Crippen LogP contribution in [-0.2, 0) is 6.42 Å². The number of methoxy groups -OCH3 is 1. The molecule has 1 aromatic heterocycles. The molecule has 0 aliphatic carbocycles. The van der Waals surface area contributed by atoms with Crippen LogP contribution in [0.15, 0.2) is 40.8 Å². The molecular formula is C14H17NO2. The fraction of sp³-hybridized carbons (Fsp3) is 0.286. The fourth-order valence-corrected chi connectivity index (χ4v) is 1.77. The van der Waals surface area contributed by atoms with Crippen molar-refractivity contribution in [1.29, 1.82) is 0 Å². The lowest BCUT2D eigenvalue weighted by Gasteiger charge is -2.09. The molecule has 0 aliphatic rings. The smallest absolute Gasteiger partial charge is 0.121 e. The lowest BCUT2D eigenvalue weighted by molar-refractivity contribution is 0.414. The maximum Gasteiger partial charge on any atom is 0.121 e. The van der Waals surface area contributed by atoms with E-state index in [1.54, 1.807) is 7.11 Å². The Bertz CT molecular complexity index is 473. The summed E-state index contributed by atoms with van der Waals surface area (Å²) in [4.78, 5) is 0. The normalized spacial score (nSPS) is 12.4. The second-order valence-corrected chi connectivity index (χ2v) is 4.11. The molecule has 2 rings (SSSR count). The standard InChI is InChI=1S/C14H17NO2/c1-10-3-8-14(17-10)13(15)9-11-4-6-12(16-2)7-5-11/h3-8,13H,9,15H2,1-2H3. The van der Waals surface area contributed by atoms with Crippen LogP contribution in [0.5, 0.6) is 5.75 Å². The van der Waals surface area contributed by atoms with Gasteiger partial charge in [0.1, 0.15) is 17.3 Å². The fourth-order valence-electron chi connectivity index (χ4n) is 1.77. The summed E-state index contributed by atoms with van der Waals surface area (Å²) >= 11 is 0. The van der Waals surface area contributed by atoms with Crippen LogP contribution in [0.1, 0.15) is 23.1 Å². The van der Waals surface area contributed by atoms with Gasteiger partial charge in [0.15, 0.2) is 0 Å². The zero-order chi connectivity index (χ0) is 12.3. The van der Waals surface area contributed by atoms with Crippen molar-refractivity contribution in [3.8, 4) is 5.75 Å². The van der Waals surface area contributed by atoms with Crippen LogP contribution < -0.4 is 10.5 Å². The van der Waals surface area contributed by atoms with E-state index in [2.05, 4.69) is 0 Å². The molecule has 1 atom stereocenters. The summed E-state index contributed by atoms with van der Waals surface area (Å²) in [5.41, 5.74) is 7.26. The summed E-state index contributed by atoms with van der Waals surface area (Å²) in [7, 11) is 1.66. The van der Waals surface area contributed by atoms with E-state index in [4.69, 9.17) is 14.9 Å². The van der Waals surface area contributed by atoms with Gasteiger partial charge in [-0.3, -0.25) is 0 Å². The van der Waals surface area contributed by atoms with E-state index in [1.165, 1.54) is 5.56 Å². The van der Waals surface area contributed by atoms with Crippen molar-refractivity contribution >= 4 is 0 Å². The number of hydrogen-bond acceptors (Lipinski definition) is 3. The lowest BCUT2D eigenvalue weighted by Crippen LogP contribution is -2.12. The minimum Gasteiger partial charge on any atom is -0.497 e. The summed E-state index contributed by atoms with van der Waals surface area (Å²) in [6.07, 6.45) is 0.761. The molecule has 3 heteroatoms. The Morgan fingerprint density at radius 2 is 1.88 bits per heavy atom. The summed E-state index contributed by atoms with van der Waals surface area (Å²) in [5, 5.41) is 0. The number of rotatable bonds is 4. The van der Waals surface area contributed by atoms with Crippen molar-refractivity contribution in [1.82, 2.24) is 0 Å². The molecule has 2 N–H and O–H groups in total. The first kappa shape index (κ1) is 11.7. The monoisotopic (exact) mass is 231 g/mol. The van der Waals surface area contributed by atoms with Crippen molar-refractivity contribution in [2.45, 2.75) is 19.4 Å². The highest BCUT2D eigenvalue weighted by Gasteiger charge is 2.10. The van der Waals surface area contributed by atoms with Gasteiger partial charge in [-0.25, -0.2) is 0 Å². The van der Waals surface area contributed by atoms with E-state index in [0.717, 1.165) is 23.7 Å². The third-order valence-electron chi connectivity index (χ3n) is 2.74. The van der Waals surface area contributed by atoms with Gasteiger partial charge < -0.3 is 14.9 Å². The predicted octanol–water partition coefficient (Wildman–Crippen LogP) is 2.84. The molecular weight excluding hydrogens is 214 g/mol. The van der Waals surface area contributed by atoms with Gasteiger partial charge >= 0.3 is 0 Å². The van der Waals surface area contributed by atoms with Gasteiger partial charge in [0.05, 0.1) is 13.2 Å². The molecule has 17 heavy (non-hydrogen) atoms. The van der Waals surface area contributed by atoms with Crippen LogP contribution in [0.25, 0.3) is 0 Å². The average molecular weight is 231 g/mol. The maximum atomic E-state index is 6.09. The SMILES string of the molecule is COc1ccc(CC(N)c2ccc(C)o2)cc1. The van der Waals surface area contributed by atoms with E-state index in [1.807, 2.05) is 43.3 Å². The van der Waals surface area contributed by atoms with Crippen molar-refractivity contribution in [2.24, 2.45) is 5.73 Å². The number of hydrogen-bond donors (Lipinski definition) is 1. The van der Waals surface area contributed by atoms with Gasteiger partial charge in [-0.15, -0.1) is 0 Å². The van der Waals surface area contributed by atoms with Crippen LogP contribution in [-0.4, -0.2) is 7.11 Å². The molecule has 1 aromatic carbocycles. The molecule has 0 aliphatic heterocycles. The van der Waals surface area contributed by atoms with Crippen molar-refractivity contribution in [3.05, 3.63) is 53.5 Å². The van der Waals surface area contributed by atoms with Gasteiger partial charge in [0.2, 0.25) is 0 Å². The van der Waals surface area contributed by atoms with E-state index in [-0.39, 0.29) is 6.04 Å². The Morgan fingerprint density at radius 3 is 2.41 bits per heavy atom. The summed E-state index contributed by atoms with van der Waals surface area (Å²) in [6.45, 7) is 1.92. The van der Waals surface area contributed by atoms with Crippen molar-refractivity contribution in [3.63, 3.8) is 0 Å². The van der Waals surface area contributed by atoms with E-state index >= 15 is 0 Å². The quantitative estimate of drug-likeness (QED) is 0.880. The number of benzene rings is 1. The van der Waals surface area contributed by atoms with Crippen molar-refractivity contribution in [2.75, 3.05) is 7.11 Å². The highest BCUT2D eigenvalue weighted by molar-refractivity contribution is 5.28. The Labute approximate surface area is 101 Å². The van der Waals surface area contributed by atoms with E-state index in [0.29, 0.717) is 0 Å². The minimum atomic E-state index is -0.0999. The molecule has 0 radical (unpaired) electrons. The maximum absolute atomic E-state index is 6.09. The summed E-state index contributed by atoms with van der Waals surface area (Å²) in [5.74, 6) is 2.58. The summed E-state index contributed by atoms with van der Waals surface area (Å²) < 4.78 is 10.6. The second kappa shape index (κ2) is 5.06. The first-order chi connectivity index (χ1) is 8.19. The first-order valence-corrected chi connectivity index (χ1v) is 5.64. The molecule has 90 valence electrons. The molecule has 0 bridgehead atoms. The molecule has 2 aromatic rings. The van der Waals surface area contributed by atoms with Crippen LogP contribution >= 0.6 is 0 Å². The largest absolute Gasteiger partial charge is 0.497 e. The molecule has 1 heterocycles. The van der Waals surface area contributed by atoms with Crippen LogP contribution in [0.4, 0.5) is 0 Å². The third-order valence-corrected chi connectivity index (χ3v) is 2.74. The van der Waals surface area contributed by atoms with Gasteiger partial charge in [-0.1, -0.05) is 12.1 Å². The molecule has 0 saturated carbocycles. The molecule has 1 unspecified atom stereocenters. The van der Waals surface area contributed by atoms with Gasteiger partial charge in [0, 0.05) is 0 Å². The average Bonchev–Trinajstić information content (AvgIpc) is 2.77. The number of nitrogens with two attached hydrogens (primary N) is 1. The Morgan fingerprint density at radius 1 is 1.18 bits per heavy atom. The molecule has 0 spiro atoms. The van der Waals surface area contributed by atoms with Gasteiger partial charge in [0.25, 0.3) is 0 Å². The minimum absolute atomic E-state index is 0.0999. The summed E-state index contributed by atoms with van der Waals surface area (Å²) in [6, 6.07) is 11.7. The van der Waals surface area contributed by atoms with Gasteiger partial charge in [-0.2, -0.15) is 0 Å². The van der Waals surface area contributed by atoms with Crippen molar-refractivity contribution < 1.29 is 9.15 Å². The Balaban J connectivity index is 2.04. The van der Waals surface area contributed by atoms with E-state index in [9.17, 15) is 0 Å². The van der Waals surface area contributed by atoms with E-state index < -0.39 is 0 Å². The molecule has 0 fully saturated rings. The number of ether oxygens (including phenoxy) is 1. The number of furan rings is 1. The van der Waals surface area contributed by atoms with Crippen LogP contribution in [0.3, 0.4) is 0 Å². The van der Waals surface area contributed by atoms with Crippen LogP contribution in [0.2, 0.25) is 0 Å². The number of aryl methyl sites for hydroxylation is 1. The lowest BCUT2D eigenvalue weighted by atomic mass is 10.0. The topological polar surface area (TPSA) is 48.4 Å². The zero-order valence-electron chi connectivity index (χ0n) is 10.1. The molecule has 0 saturated heterocycles. The highest BCUT2D eigenvalue weighted by Crippen LogP contribution is 2.20. The second-order valence-electron chi connectivity index (χ2n) is 4.11.